The monoisotopic (exact) mass is 228 g/mol. The zero-order valence-corrected chi connectivity index (χ0v) is 9.30. The van der Waals surface area contributed by atoms with Gasteiger partial charge in [-0.1, -0.05) is 0 Å². The summed E-state index contributed by atoms with van der Waals surface area (Å²) < 4.78 is 31.0. The Morgan fingerprint density at radius 1 is 1.44 bits per heavy atom. The Balaban J connectivity index is 2.69. The normalized spacial score (nSPS) is 12.5. The van der Waals surface area contributed by atoms with Gasteiger partial charge in [-0.3, -0.25) is 4.79 Å². The second-order valence-electron chi connectivity index (χ2n) is 3.63. The lowest BCUT2D eigenvalue weighted by atomic mass is 10.0. The van der Waals surface area contributed by atoms with Gasteiger partial charge in [0.2, 0.25) is 0 Å². The standard InChI is InChI=1S/C12H14F2O2/c1-8(16-2)3-6-12(15)10-7-9(13)4-5-11(10)14/h4-5,7-8H,3,6H2,1-2H3. The van der Waals surface area contributed by atoms with Crippen LogP contribution in [-0.2, 0) is 4.74 Å². The Hall–Kier alpha value is -1.29. The fourth-order valence-corrected chi connectivity index (χ4v) is 1.30. The quantitative estimate of drug-likeness (QED) is 0.724. The molecule has 1 unspecified atom stereocenters. The molecule has 1 atom stereocenters. The van der Waals surface area contributed by atoms with E-state index in [2.05, 4.69) is 0 Å². The lowest BCUT2D eigenvalue weighted by molar-refractivity contribution is 0.0874. The van der Waals surface area contributed by atoms with Crippen LogP contribution in [0, 0.1) is 11.6 Å². The van der Waals surface area contributed by atoms with E-state index in [4.69, 9.17) is 4.74 Å². The predicted molar refractivity (Wildman–Crippen MR) is 56.4 cm³/mol. The van der Waals surface area contributed by atoms with E-state index in [-0.39, 0.29) is 18.1 Å². The smallest absolute Gasteiger partial charge is 0.166 e. The molecule has 1 aromatic rings. The highest BCUT2D eigenvalue weighted by molar-refractivity contribution is 5.96. The predicted octanol–water partition coefficient (Wildman–Crippen LogP) is 2.96. The van der Waals surface area contributed by atoms with Crippen molar-refractivity contribution in [1.82, 2.24) is 0 Å². The highest BCUT2D eigenvalue weighted by Gasteiger charge is 2.13. The van der Waals surface area contributed by atoms with Gasteiger partial charge in [0.05, 0.1) is 11.7 Å². The van der Waals surface area contributed by atoms with Crippen molar-refractivity contribution in [3.63, 3.8) is 0 Å². The van der Waals surface area contributed by atoms with E-state index in [0.29, 0.717) is 6.42 Å². The molecule has 0 amide bonds. The first-order chi connectivity index (χ1) is 7.54. The van der Waals surface area contributed by atoms with Crippen LogP contribution in [0.2, 0.25) is 0 Å². The Morgan fingerprint density at radius 2 is 2.12 bits per heavy atom. The van der Waals surface area contributed by atoms with Crippen LogP contribution in [0.4, 0.5) is 8.78 Å². The van der Waals surface area contributed by atoms with Crippen LogP contribution in [0.3, 0.4) is 0 Å². The van der Waals surface area contributed by atoms with Crippen molar-refractivity contribution in [2.45, 2.75) is 25.9 Å². The molecule has 0 saturated carbocycles. The number of rotatable bonds is 5. The van der Waals surface area contributed by atoms with Crippen molar-refractivity contribution in [2.75, 3.05) is 7.11 Å². The third-order valence-corrected chi connectivity index (χ3v) is 2.41. The van der Waals surface area contributed by atoms with E-state index in [9.17, 15) is 13.6 Å². The first kappa shape index (κ1) is 12.8. The Bertz CT molecular complexity index is 377. The first-order valence-corrected chi connectivity index (χ1v) is 5.05. The van der Waals surface area contributed by atoms with Crippen LogP contribution in [0.1, 0.15) is 30.1 Å². The summed E-state index contributed by atoms with van der Waals surface area (Å²) in [6, 6.07) is 2.88. The zero-order valence-electron chi connectivity index (χ0n) is 9.30. The fraction of sp³-hybridized carbons (Fsp3) is 0.417. The van der Waals surface area contributed by atoms with Crippen LogP contribution in [0.15, 0.2) is 18.2 Å². The molecule has 0 aliphatic heterocycles. The summed E-state index contributed by atoms with van der Waals surface area (Å²) >= 11 is 0. The van der Waals surface area contributed by atoms with Gasteiger partial charge in [-0.2, -0.15) is 0 Å². The van der Waals surface area contributed by atoms with Gasteiger partial charge >= 0.3 is 0 Å². The minimum atomic E-state index is -0.684. The molecule has 0 heterocycles. The number of methoxy groups -OCH3 is 1. The molecule has 0 bridgehead atoms. The molecular weight excluding hydrogens is 214 g/mol. The minimum Gasteiger partial charge on any atom is -0.382 e. The van der Waals surface area contributed by atoms with Gasteiger partial charge in [0, 0.05) is 13.5 Å². The fourth-order valence-electron chi connectivity index (χ4n) is 1.30. The molecule has 1 aromatic carbocycles. The van der Waals surface area contributed by atoms with E-state index < -0.39 is 17.4 Å². The summed E-state index contributed by atoms with van der Waals surface area (Å²) in [7, 11) is 1.54. The second kappa shape index (κ2) is 5.70. The van der Waals surface area contributed by atoms with Gasteiger partial charge in [0.25, 0.3) is 0 Å². The molecule has 16 heavy (non-hydrogen) atoms. The third-order valence-electron chi connectivity index (χ3n) is 2.41. The van der Waals surface area contributed by atoms with Crippen molar-refractivity contribution in [2.24, 2.45) is 0 Å². The number of benzene rings is 1. The second-order valence-corrected chi connectivity index (χ2v) is 3.63. The van der Waals surface area contributed by atoms with Gasteiger partial charge in [-0.15, -0.1) is 0 Å². The van der Waals surface area contributed by atoms with E-state index in [1.165, 1.54) is 7.11 Å². The van der Waals surface area contributed by atoms with Gasteiger partial charge in [0.1, 0.15) is 11.6 Å². The molecule has 0 aliphatic rings. The van der Waals surface area contributed by atoms with Crippen molar-refractivity contribution >= 4 is 5.78 Å². The van der Waals surface area contributed by atoms with Crippen LogP contribution in [-0.4, -0.2) is 19.0 Å². The number of halogens is 2. The molecule has 0 saturated heterocycles. The van der Waals surface area contributed by atoms with Gasteiger partial charge in [0.15, 0.2) is 5.78 Å². The van der Waals surface area contributed by atoms with Crippen molar-refractivity contribution < 1.29 is 18.3 Å². The van der Waals surface area contributed by atoms with E-state index in [0.717, 1.165) is 18.2 Å². The number of carbonyl (C=O) groups is 1. The third kappa shape index (κ3) is 3.38. The van der Waals surface area contributed by atoms with Gasteiger partial charge in [-0.25, -0.2) is 8.78 Å². The van der Waals surface area contributed by atoms with Crippen molar-refractivity contribution in [3.05, 3.63) is 35.4 Å². The molecule has 1 rings (SSSR count). The lowest BCUT2D eigenvalue weighted by Crippen LogP contribution is -2.10. The first-order valence-electron chi connectivity index (χ1n) is 5.05. The Kier molecular flexibility index (Phi) is 4.55. The maximum atomic E-state index is 13.2. The molecule has 2 nitrogen and oxygen atoms in total. The average molecular weight is 228 g/mol. The number of hydrogen-bond acceptors (Lipinski definition) is 2. The molecule has 0 aromatic heterocycles. The number of ketones is 1. The molecule has 0 aliphatic carbocycles. The topological polar surface area (TPSA) is 26.3 Å². The maximum absolute atomic E-state index is 13.2. The highest BCUT2D eigenvalue weighted by Crippen LogP contribution is 2.14. The summed E-state index contributed by atoms with van der Waals surface area (Å²) in [5.41, 5.74) is -0.191. The SMILES string of the molecule is COC(C)CCC(=O)c1cc(F)ccc1F. The highest BCUT2D eigenvalue weighted by atomic mass is 19.1. The van der Waals surface area contributed by atoms with Crippen molar-refractivity contribution in [3.8, 4) is 0 Å². The van der Waals surface area contributed by atoms with Gasteiger partial charge < -0.3 is 4.74 Å². The summed E-state index contributed by atoms with van der Waals surface area (Å²) in [6.07, 6.45) is 0.571. The van der Waals surface area contributed by atoms with E-state index in [1.807, 2.05) is 6.92 Å². The van der Waals surface area contributed by atoms with Crippen LogP contribution in [0.5, 0.6) is 0 Å². The summed E-state index contributed by atoms with van der Waals surface area (Å²) in [6.45, 7) is 1.81. The molecule has 0 fully saturated rings. The number of ether oxygens (including phenoxy) is 1. The minimum absolute atomic E-state index is 0.0689. The summed E-state index contributed by atoms with van der Waals surface area (Å²) in [4.78, 5) is 11.6. The number of hydrogen-bond donors (Lipinski definition) is 0. The van der Waals surface area contributed by atoms with E-state index in [1.54, 1.807) is 0 Å². The molecule has 0 N–H and O–H groups in total. The number of carbonyl (C=O) groups excluding carboxylic acids is 1. The van der Waals surface area contributed by atoms with Crippen LogP contribution >= 0.6 is 0 Å². The van der Waals surface area contributed by atoms with Gasteiger partial charge in [-0.05, 0) is 31.5 Å². The molecular formula is C12H14F2O2. The number of Topliss-reactive ketones (excluding diaryl/α,β-unsaturated/α-hetero) is 1. The molecule has 4 heteroatoms. The zero-order chi connectivity index (χ0) is 12.1. The Labute approximate surface area is 93.2 Å². The molecule has 0 radical (unpaired) electrons. The summed E-state index contributed by atoms with van der Waals surface area (Å²) in [5, 5.41) is 0. The lowest BCUT2D eigenvalue weighted by Gasteiger charge is -2.08. The van der Waals surface area contributed by atoms with Crippen molar-refractivity contribution in [1.29, 1.82) is 0 Å². The summed E-state index contributed by atoms with van der Waals surface area (Å²) in [5.74, 6) is -1.69. The molecule has 88 valence electrons. The van der Waals surface area contributed by atoms with Crippen LogP contribution < -0.4 is 0 Å². The molecule has 0 spiro atoms. The Morgan fingerprint density at radius 3 is 2.75 bits per heavy atom. The maximum Gasteiger partial charge on any atom is 0.166 e. The average Bonchev–Trinajstić information content (AvgIpc) is 2.28. The largest absolute Gasteiger partial charge is 0.382 e. The van der Waals surface area contributed by atoms with Crippen LogP contribution in [0.25, 0.3) is 0 Å². The van der Waals surface area contributed by atoms with E-state index >= 15 is 0 Å².